The van der Waals surface area contributed by atoms with Gasteiger partial charge in [0.15, 0.2) is 0 Å². The van der Waals surface area contributed by atoms with Gasteiger partial charge in [-0.2, -0.15) is 10.4 Å². The monoisotopic (exact) mass is 368 g/mol. The number of amides is 1. The van der Waals surface area contributed by atoms with Gasteiger partial charge in [0, 0.05) is 17.7 Å². The van der Waals surface area contributed by atoms with Crippen molar-refractivity contribution in [3.63, 3.8) is 0 Å². The van der Waals surface area contributed by atoms with E-state index >= 15 is 0 Å². The van der Waals surface area contributed by atoms with Crippen LogP contribution in [-0.2, 0) is 17.8 Å². The first kappa shape index (κ1) is 20.5. The molecule has 1 N–H and O–H groups in total. The Labute approximate surface area is 161 Å². The topological polar surface area (TPSA) is 79.9 Å². The summed E-state index contributed by atoms with van der Waals surface area (Å²) in [5, 5.41) is 16.3. The summed E-state index contributed by atoms with van der Waals surface area (Å²) < 4.78 is 7.27. The summed E-state index contributed by atoms with van der Waals surface area (Å²) in [6.07, 6.45) is 1.45. The van der Waals surface area contributed by atoms with Gasteiger partial charge in [-0.15, -0.1) is 0 Å². The first-order chi connectivity index (χ1) is 12.9. The first-order valence-electron chi connectivity index (χ1n) is 9.21. The normalized spacial score (nSPS) is 11.7. The summed E-state index contributed by atoms with van der Waals surface area (Å²) in [6, 6.07) is 7.96. The van der Waals surface area contributed by atoms with E-state index in [4.69, 9.17) is 10.00 Å². The van der Waals surface area contributed by atoms with Gasteiger partial charge in [-0.05, 0) is 45.7 Å². The zero-order valence-electron chi connectivity index (χ0n) is 16.8. The lowest BCUT2D eigenvalue weighted by Gasteiger charge is -2.18. The van der Waals surface area contributed by atoms with E-state index in [1.807, 2.05) is 50.6 Å². The zero-order valence-corrected chi connectivity index (χ0v) is 16.8. The van der Waals surface area contributed by atoms with Gasteiger partial charge < -0.3 is 10.1 Å². The number of aryl methyl sites for hydroxylation is 3. The van der Waals surface area contributed by atoms with E-state index in [1.54, 1.807) is 7.11 Å². The van der Waals surface area contributed by atoms with Gasteiger partial charge in [0.05, 0.1) is 37.9 Å². The number of ether oxygens (including phenoxy) is 1. The van der Waals surface area contributed by atoms with Crippen molar-refractivity contribution in [1.29, 1.82) is 5.26 Å². The van der Waals surface area contributed by atoms with Crippen molar-refractivity contribution in [3.8, 4) is 11.8 Å². The third kappa shape index (κ3) is 5.10. The molecule has 0 aliphatic heterocycles. The summed E-state index contributed by atoms with van der Waals surface area (Å²) in [4.78, 5) is 12.5. The molecule has 1 atom stereocenters. The van der Waals surface area contributed by atoms with E-state index < -0.39 is 0 Å². The van der Waals surface area contributed by atoms with Crippen LogP contribution in [0.2, 0.25) is 0 Å². The molecule has 144 valence electrons. The molecule has 1 aromatic heterocycles. The predicted octanol–water partition coefficient (Wildman–Crippen LogP) is 3.54. The number of nitrogens with one attached hydrogen (secondary N) is 1. The van der Waals surface area contributed by atoms with E-state index in [-0.39, 0.29) is 11.9 Å². The molecule has 6 heteroatoms. The number of hydrogen-bond acceptors (Lipinski definition) is 4. The average Bonchev–Trinajstić information content (AvgIpc) is 2.91. The van der Waals surface area contributed by atoms with Crippen molar-refractivity contribution < 1.29 is 9.53 Å². The number of carbonyl (C=O) groups is 1. The van der Waals surface area contributed by atoms with Crippen LogP contribution in [0.1, 0.15) is 53.9 Å². The lowest BCUT2D eigenvalue weighted by Crippen LogP contribution is -2.27. The predicted molar refractivity (Wildman–Crippen MR) is 105 cm³/mol. The van der Waals surface area contributed by atoms with Crippen molar-refractivity contribution >= 4 is 5.91 Å². The van der Waals surface area contributed by atoms with E-state index in [9.17, 15) is 4.79 Å². The third-order valence-electron chi connectivity index (χ3n) is 4.80. The molecule has 2 aromatic rings. The maximum atomic E-state index is 12.5. The Hall–Kier alpha value is -2.81. The SMILES string of the molecule is COc1ccc(C)cc1[C@@H](C)NC(=O)CCc1c(C)nn(CCC#N)c1C. The second-order valence-corrected chi connectivity index (χ2v) is 6.82. The minimum absolute atomic E-state index is 0.00497. The Kier molecular flexibility index (Phi) is 7.00. The number of methoxy groups -OCH3 is 1. The van der Waals surface area contributed by atoms with Crippen LogP contribution in [0.4, 0.5) is 0 Å². The van der Waals surface area contributed by atoms with Crippen molar-refractivity contribution in [2.45, 2.75) is 59.5 Å². The van der Waals surface area contributed by atoms with Gasteiger partial charge in [-0.25, -0.2) is 0 Å². The fourth-order valence-electron chi connectivity index (χ4n) is 3.29. The van der Waals surface area contributed by atoms with E-state index in [2.05, 4.69) is 16.5 Å². The van der Waals surface area contributed by atoms with Gasteiger partial charge >= 0.3 is 0 Å². The lowest BCUT2D eigenvalue weighted by atomic mass is 10.0. The highest BCUT2D eigenvalue weighted by Crippen LogP contribution is 2.26. The second-order valence-electron chi connectivity index (χ2n) is 6.82. The molecule has 0 aliphatic rings. The van der Waals surface area contributed by atoms with Crippen LogP contribution in [0.25, 0.3) is 0 Å². The van der Waals surface area contributed by atoms with Gasteiger partial charge in [0.25, 0.3) is 0 Å². The Morgan fingerprint density at radius 2 is 2.11 bits per heavy atom. The quantitative estimate of drug-likeness (QED) is 0.773. The Morgan fingerprint density at radius 1 is 1.37 bits per heavy atom. The highest BCUT2D eigenvalue weighted by Gasteiger charge is 2.16. The zero-order chi connectivity index (χ0) is 20.0. The minimum Gasteiger partial charge on any atom is -0.496 e. The molecule has 0 fully saturated rings. The standard InChI is InChI=1S/C21H28N4O2/c1-14-7-9-20(27-5)19(13-14)15(2)23-21(26)10-8-18-16(3)24-25(17(18)4)12-6-11-22/h7,9,13,15H,6,8,10,12H2,1-5H3,(H,23,26)/t15-/m1/s1. The van der Waals surface area contributed by atoms with E-state index in [0.717, 1.165) is 33.8 Å². The molecule has 27 heavy (non-hydrogen) atoms. The summed E-state index contributed by atoms with van der Waals surface area (Å²) in [7, 11) is 1.64. The fraction of sp³-hybridized carbons (Fsp3) is 0.476. The third-order valence-corrected chi connectivity index (χ3v) is 4.80. The summed E-state index contributed by atoms with van der Waals surface area (Å²) >= 11 is 0. The molecule has 0 radical (unpaired) electrons. The van der Waals surface area contributed by atoms with Crippen LogP contribution in [-0.4, -0.2) is 22.8 Å². The Balaban J connectivity index is 2.00. The van der Waals surface area contributed by atoms with Gasteiger partial charge in [0.1, 0.15) is 5.75 Å². The van der Waals surface area contributed by atoms with Gasteiger partial charge in [-0.1, -0.05) is 17.7 Å². The molecule has 1 aromatic carbocycles. The lowest BCUT2D eigenvalue weighted by molar-refractivity contribution is -0.121. The number of aromatic nitrogens is 2. The molecule has 6 nitrogen and oxygen atoms in total. The van der Waals surface area contributed by atoms with Crippen LogP contribution in [0, 0.1) is 32.1 Å². The number of rotatable bonds is 8. The maximum Gasteiger partial charge on any atom is 0.220 e. The smallest absolute Gasteiger partial charge is 0.220 e. The largest absolute Gasteiger partial charge is 0.496 e. The molecule has 0 spiro atoms. The van der Waals surface area contributed by atoms with Crippen molar-refractivity contribution in [2.24, 2.45) is 0 Å². The number of hydrogen-bond donors (Lipinski definition) is 1. The molecule has 1 amide bonds. The van der Waals surface area contributed by atoms with Crippen molar-refractivity contribution in [3.05, 3.63) is 46.3 Å². The fourth-order valence-corrected chi connectivity index (χ4v) is 3.29. The maximum absolute atomic E-state index is 12.5. The highest BCUT2D eigenvalue weighted by molar-refractivity contribution is 5.76. The Morgan fingerprint density at radius 3 is 2.78 bits per heavy atom. The van der Waals surface area contributed by atoms with Crippen LogP contribution < -0.4 is 10.1 Å². The number of benzene rings is 1. The second kappa shape index (κ2) is 9.22. The summed E-state index contributed by atoms with van der Waals surface area (Å²) in [5.74, 6) is 0.772. The summed E-state index contributed by atoms with van der Waals surface area (Å²) in [6.45, 7) is 8.51. The van der Waals surface area contributed by atoms with Crippen LogP contribution in [0.3, 0.4) is 0 Å². The molecular formula is C21H28N4O2. The number of nitriles is 1. The van der Waals surface area contributed by atoms with Gasteiger partial charge in [-0.3, -0.25) is 9.48 Å². The molecule has 0 bridgehead atoms. The average molecular weight is 368 g/mol. The van der Waals surface area contributed by atoms with Crippen LogP contribution >= 0.6 is 0 Å². The first-order valence-corrected chi connectivity index (χ1v) is 9.21. The van der Waals surface area contributed by atoms with Crippen LogP contribution in [0.15, 0.2) is 18.2 Å². The number of nitrogens with zero attached hydrogens (tertiary/aromatic N) is 3. The summed E-state index contributed by atoms with van der Waals surface area (Å²) in [5.41, 5.74) is 5.14. The van der Waals surface area contributed by atoms with E-state index in [1.165, 1.54) is 0 Å². The molecule has 1 heterocycles. The molecule has 0 saturated heterocycles. The minimum atomic E-state index is -0.132. The molecule has 0 unspecified atom stereocenters. The van der Waals surface area contributed by atoms with Crippen molar-refractivity contribution in [2.75, 3.05) is 7.11 Å². The van der Waals surface area contributed by atoms with Crippen LogP contribution in [0.5, 0.6) is 5.75 Å². The Bertz CT molecular complexity index is 849. The molecular weight excluding hydrogens is 340 g/mol. The number of carbonyl (C=O) groups excluding carboxylic acids is 1. The van der Waals surface area contributed by atoms with E-state index in [0.29, 0.717) is 25.8 Å². The molecule has 0 aliphatic carbocycles. The molecule has 2 rings (SSSR count). The van der Waals surface area contributed by atoms with Crippen molar-refractivity contribution in [1.82, 2.24) is 15.1 Å². The van der Waals surface area contributed by atoms with Gasteiger partial charge in [0.2, 0.25) is 5.91 Å². The highest BCUT2D eigenvalue weighted by atomic mass is 16.5. The molecule has 0 saturated carbocycles.